The molecular weight excluding hydrogens is 220 g/mol. The Kier molecular flexibility index (Phi) is 4.54. The van der Waals surface area contributed by atoms with Crippen LogP contribution < -0.4 is 0 Å². The first kappa shape index (κ1) is 12.8. The van der Waals surface area contributed by atoms with Gasteiger partial charge in [0.05, 0.1) is 6.61 Å². The molecule has 94 valence electrons. The molecule has 1 nitrogen and oxygen atoms in total. The summed E-state index contributed by atoms with van der Waals surface area (Å²) >= 11 is 0. The molecule has 0 spiro atoms. The van der Waals surface area contributed by atoms with Crippen LogP contribution in [-0.2, 0) is 11.3 Å². The Morgan fingerprint density at radius 3 is 2.28 bits per heavy atom. The molecule has 0 aliphatic rings. The lowest BCUT2D eigenvalue weighted by molar-refractivity contribution is 0.0973. The number of hydrogen-bond donors (Lipinski definition) is 0. The van der Waals surface area contributed by atoms with Crippen molar-refractivity contribution in [2.24, 2.45) is 5.92 Å². The lowest BCUT2D eigenvalue weighted by Crippen LogP contribution is -2.02. The van der Waals surface area contributed by atoms with Crippen molar-refractivity contribution in [1.29, 1.82) is 0 Å². The van der Waals surface area contributed by atoms with Crippen LogP contribution in [0.15, 0.2) is 54.6 Å². The molecule has 2 rings (SSSR count). The minimum absolute atomic E-state index is 0.578. The first-order valence-electron chi connectivity index (χ1n) is 6.48. The second kappa shape index (κ2) is 6.36. The molecule has 0 saturated heterocycles. The topological polar surface area (TPSA) is 9.23 Å². The highest BCUT2D eigenvalue weighted by molar-refractivity contribution is 5.66. The third-order valence-electron chi connectivity index (χ3n) is 2.81. The smallest absolute Gasteiger partial charge is 0.0723 e. The zero-order valence-corrected chi connectivity index (χ0v) is 11.1. The summed E-state index contributed by atoms with van der Waals surface area (Å²) in [6.45, 7) is 5.83. The number of ether oxygens (including phenoxy) is 1. The maximum Gasteiger partial charge on any atom is 0.0723 e. The monoisotopic (exact) mass is 240 g/mol. The molecule has 2 aromatic rings. The van der Waals surface area contributed by atoms with Gasteiger partial charge in [-0.1, -0.05) is 68.4 Å². The van der Waals surface area contributed by atoms with Crippen LogP contribution in [-0.4, -0.2) is 6.61 Å². The molecule has 0 unspecified atom stereocenters. The van der Waals surface area contributed by atoms with Crippen molar-refractivity contribution >= 4 is 0 Å². The fourth-order valence-electron chi connectivity index (χ4n) is 1.95. The Morgan fingerprint density at radius 1 is 0.889 bits per heavy atom. The van der Waals surface area contributed by atoms with Gasteiger partial charge in [0.25, 0.3) is 0 Å². The van der Waals surface area contributed by atoms with Crippen LogP contribution in [0, 0.1) is 5.92 Å². The van der Waals surface area contributed by atoms with Crippen molar-refractivity contribution < 1.29 is 4.74 Å². The molecule has 0 aromatic heterocycles. The Balaban J connectivity index is 2.16. The van der Waals surface area contributed by atoms with Crippen LogP contribution in [0.4, 0.5) is 0 Å². The molecule has 0 saturated carbocycles. The first-order valence-corrected chi connectivity index (χ1v) is 6.48. The molecule has 18 heavy (non-hydrogen) atoms. The maximum atomic E-state index is 5.74. The van der Waals surface area contributed by atoms with E-state index in [2.05, 4.69) is 62.4 Å². The van der Waals surface area contributed by atoms with E-state index in [1.807, 2.05) is 6.07 Å². The van der Waals surface area contributed by atoms with Crippen LogP contribution in [0.2, 0.25) is 0 Å². The standard InChI is InChI=1S/C17H20O/c1-14(2)12-18-13-16-10-6-7-11-17(16)15-8-4-3-5-9-15/h3-11,14H,12-13H2,1-2H3. The van der Waals surface area contributed by atoms with E-state index < -0.39 is 0 Å². The molecule has 0 bridgehead atoms. The van der Waals surface area contributed by atoms with Gasteiger partial charge in [-0.2, -0.15) is 0 Å². The van der Waals surface area contributed by atoms with Gasteiger partial charge in [-0.05, 0) is 22.6 Å². The summed E-state index contributed by atoms with van der Waals surface area (Å²) in [4.78, 5) is 0. The third-order valence-corrected chi connectivity index (χ3v) is 2.81. The zero-order valence-electron chi connectivity index (χ0n) is 11.1. The molecule has 0 aliphatic heterocycles. The summed E-state index contributed by atoms with van der Waals surface area (Å²) in [7, 11) is 0. The van der Waals surface area contributed by atoms with Gasteiger partial charge in [-0.3, -0.25) is 0 Å². The molecule has 1 heteroatoms. The molecule has 0 amide bonds. The van der Waals surface area contributed by atoms with Crippen LogP contribution in [0.1, 0.15) is 19.4 Å². The zero-order chi connectivity index (χ0) is 12.8. The van der Waals surface area contributed by atoms with Gasteiger partial charge >= 0.3 is 0 Å². The van der Waals surface area contributed by atoms with Crippen molar-refractivity contribution in [3.8, 4) is 11.1 Å². The predicted octanol–water partition coefficient (Wildman–Crippen LogP) is 4.53. The van der Waals surface area contributed by atoms with Crippen molar-refractivity contribution in [3.63, 3.8) is 0 Å². The normalized spacial score (nSPS) is 10.8. The van der Waals surface area contributed by atoms with Crippen molar-refractivity contribution in [1.82, 2.24) is 0 Å². The second-order valence-corrected chi connectivity index (χ2v) is 4.93. The van der Waals surface area contributed by atoms with Crippen LogP contribution in [0.25, 0.3) is 11.1 Å². The van der Waals surface area contributed by atoms with Gasteiger partial charge < -0.3 is 4.74 Å². The van der Waals surface area contributed by atoms with E-state index in [0.717, 1.165) is 6.61 Å². The minimum Gasteiger partial charge on any atom is -0.376 e. The Labute approximate surface area is 109 Å². The molecule has 0 atom stereocenters. The summed E-state index contributed by atoms with van der Waals surface area (Å²) in [5.41, 5.74) is 3.77. The van der Waals surface area contributed by atoms with Crippen LogP contribution in [0.3, 0.4) is 0 Å². The minimum atomic E-state index is 0.578. The van der Waals surface area contributed by atoms with Gasteiger partial charge in [-0.15, -0.1) is 0 Å². The number of rotatable bonds is 5. The van der Waals surface area contributed by atoms with Crippen molar-refractivity contribution in [3.05, 3.63) is 60.2 Å². The molecule has 0 heterocycles. The van der Waals surface area contributed by atoms with Gasteiger partial charge in [0.2, 0.25) is 0 Å². The van der Waals surface area contributed by atoms with E-state index in [-0.39, 0.29) is 0 Å². The molecular formula is C17H20O. The fourth-order valence-corrected chi connectivity index (χ4v) is 1.95. The molecule has 2 aromatic carbocycles. The Morgan fingerprint density at radius 2 is 1.56 bits per heavy atom. The van der Waals surface area contributed by atoms with Crippen LogP contribution in [0.5, 0.6) is 0 Å². The average Bonchev–Trinajstić information content (AvgIpc) is 2.40. The fraction of sp³-hybridized carbons (Fsp3) is 0.294. The van der Waals surface area contributed by atoms with E-state index >= 15 is 0 Å². The van der Waals surface area contributed by atoms with Crippen molar-refractivity contribution in [2.75, 3.05) is 6.61 Å². The molecule has 0 aliphatic carbocycles. The quantitative estimate of drug-likeness (QED) is 0.746. The highest BCUT2D eigenvalue weighted by atomic mass is 16.5. The summed E-state index contributed by atoms with van der Waals surface area (Å²) in [5.74, 6) is 0.578. The molecule has 0 radical (unpaired) electrons. The summed E-state index contributed by atoms with van der Waals surface area (Å²) in [5, 5.41) is 0. The van der Waals surface area contributed by atoms with Gasteiger partial charge in [0, 0.05) is 6.61 Å². The van der Waals surface area contributed by atoms with E-state index in [1.54, 1.807) is 0 Å². The van der Waals surface area contributed by atoms with E-state index in [4.69, 9.17) is 4.74 Å². The van der Waals surface area contributed by atoms with Crippen LogP contribution >= 0.6 is 0 Å². The van der Waals surface area contributed by atoms with E-state index in [9.17, 15) is 0 Å². The Bertz CT molecular complexity index is 474. The highest BCUT2D eigenvalue weighted by Gasteiger charge is 2.04. The molecule has 0 N–H and O–H groups in total. The second-order valence-electron chi connectivity index (χ2n) is 4.93. The summed E-state index contributed by atoms with van der Waals surface area (Å²) in [6, 6.07) is 18.9. The maximum absolute atomic E-state index is 5.74. The lowest BCUT2D eigenvalue weighted by Gasteiger charge is -2.11. The van der Waals surface area contributed by atoms with Gasteiger partial charge in [-0.25, -0.2) is 0 Å². The summed E-state index contributed by atoms with van der Waals surface area (Å²) < 4.78 is 5.74. The SMILES string of the molecule is CC(C)COCc1ccccc1-c1ccccc1. The Hall–Kier alpha value is -1.60. The first-order chi connectivity index (χ1) is 8.77. The largest absolute Gasteiger partial charge is 0.376 e. The van der Waals surface area contributed by atoms with E-state index in [1.165, 1.54) is 16.7 Å². The lowest BCUT2D eigenvalue weighted by atomic mass is 10.0. The number of hydrogen-bond acceptors (Lipinski definition) is 1. The van der Waals surface area contributed by atoms with Gasteiger partial charge in [0.15, 0.2) is 0 Å². The predicted molar refractivity (Wildman–Crippen MR) is 76.4 cm³/mol. The number of benzene rings is 2. The van der Waals surface area contributed by atoms with E-state index in [0.29, 0.717) is 12.5 Å². The summed E-state index contributed by atoms with van der Waals surface area (Å²) in [6.07, 6.45) is 0. The van der Waals surface area contributed by atoms with Crippen molar-refractivity contribution in [2.45, 2.75) is 20.5 Å². The molecule has 0 fully saturated rings. The third kappa shape index (κ3) is 3.44. The highest BCUT2D eigenvalue weighted by Crippen LogP contribution is 2.23. The van der Waals surface area contributed by atoms with Gasteiger partial charge in [0.1, 0.15) is 0 Å². The average molecular weight is 240 g/mol.